The van der Waals surface area contributed by atoms with E-state index in [0.29, 0.717) is 6.10 Å². The average Bonchev–Trinajstić information content (AvgIpc) is 2.09. The highest BCUT2D eigenvalue weighted by atomic mass is 16.5. The van der Waals surface area contributed by atoms with Crippen molar-refractivity contribution in [2.24, 2.45) is 0 Å². The molecule has 0 saturated carbocycles. The molecule has 0 bridgehead atoms. The molecule has 0 aliphatic heterocycles. The maximum atomic E-state index is 5.50. The molecule has 0 spiro atoms. The Labute approximate surface area is 75.4 Å². The van der Waals surface area contributed by atoms with Crippen LogP contribution in [-0.4, -0.2) is 39.5 Å². The van der Waals surface area contributed by atoms with Gasteiger partial charge in [-0.1, -0.05) is 6.92 Å². The largest absolute Gasteiger partial charge is 0.385 e. The predicted octanol–water partition coefficient (Wildman–Crippen LogP) is 1.04. The van der Waals surface area contributed by atoms with Gasteiger partial charge >= 0.3 is 0 Å². The number of ether oxygens (including phenoxy) is 2. The van der Waals surface area contributed by atoms with Crippen molar-refractivity contribution < 1.29 is 9.47 Å². The highest BCUT2D eigenvalue weighted by molar-refractivity contribution is 4.50. The van der Waals surface area contributed by atoms with Crippen molar-refractivity contribution >= 4 is 0 Å². The summed E-state index contributed by atoms with van der Waals surface area (Å²) in [7, 11) is 1.71. The van der Waals surface area contributed by atoms with Crippen molar-refractivity contribution in [3.8, 4) is 0 Å². The van der Waals surface area contributed by atoms with Crippen molar-refractivity contribution in [3.63, 3.8) is 0 Å². The van der Waals surface area contributed by atoms with Gasteiger partial charge in [0.2, 0.25) is 0 Å². The third kappa shape index (κ3) is 7.98. The van der Waals surface area contributed by atoms with Crippen LogP contribution in [0.1, 0.15) is 20.3 Å². The third-order valence-electron chi connectivity index (χ3n) is 1.66. The third-order valence-corrected chi connectivity index (χ3v) is 1.66. The quantitative estimate of drug-likeness (QED) is 0.559. The summed E-state index contributed by atoms with van der Waals surface area (Å²) >= 11 is 0. The van der Waals surface area contributed by atoms with Crippen LogP contribution in [0.5, 0.6) is 0 Å². The average molecular weight is 175 g/mol. The van der Waals surface area contributed by atoms with Gasteiger partial charge in [-0.2, -0.15) is 0 Å². The van der Waals surface area contributed by atoms with Crippen LogP contribution in [0.3, 0.4) is 0 Å². The minimum Gasteiger partial charge on any atom is -0.385 e. The standard InChI is InChI=1S/C9H21NO2/c1-4-10-6-8-12-9(2)5-7-11-3/h9-10H,4-8H2,1-3H3. The zero-order chi connectivity index (χ0) is 9.23. The Morgan fingerprint density at radius 3 is 2.67 bits per heavy atom. The molecule has 0 aromatic rings. The van der Waals surface area contributed by atoms with Crippen LogP contribution < -0.4 is 5.32 Å². The van der Waals surface area contributed by atoms with Gasteiger partial charge in [-0.15, -0.1) is 0 Å². The second kappa shape index (κ2) is 8.97. The topological polar surface area (TPSA) is 30.5 Å². The Morgan fingerprint density at radius 1 is 1.33 bits per heavy atom. The normalized spacial score (nSPS) is 13.2. The van der Waals surface area contributed by atoms with Gasteiger partial charge in [-0.25, -0.2) is 0 Å². The van der Waals surface area contributed by atoms with E-state index in [9.17, 15) is 0 Å². The molecule has 0 saturated heterocycles. The van der Waals surface area contributed by atoms with E-state index in [4.69, 9.17) is 9.47 Å². The Bertz CT molecular complexity index is 88.6. The molecular weight excluding hydrogens is 154 g/mol. The van der Waals surface area contributed by atoms with Gasteiger partial charge in [0, 0.05) is 20.3 Å². The molecule has 0 radical (unpaired) electrons. The molecule has 0 rings (SSSR count). The van der Waals surface area contributed by atoms with Crippen molar-refractivity contribution in [3.05, 3.63) is 0 Å². The Kier molecular flexibility index (Phi) is 8.88. The number of methoxy groups -OCH3 is 1. The van der Waals surface area contributed by atoms with E-state index in [0.717, 1.165) is 32.7 Å². The molecule has 0 aromatic carbocycles. The highest BCUT2D eigenvalue weighted by Crippen LogP contribution is 1.96. The lowest BCUT2D eigenvalue weighted by molar-refractivity contribution is 0.0428. The number of nitrogens with one attached hydrogen (secondary N) is 1. The molecule has 0 aromatic heterocycles. The number of rotatable bonds is 8. The first kappa shape index (κ1) is 11.9. The van der Waals surface area contributed by atoms with Crippen LogP contribution in [0.2, 0.25) is 0 Å². The summed E-state index contributed by atoms with van der Waals surface area (Å²) in [5.74, 6) is 0. The molecule has 1 unspecified atom stereocenters. The summed E-state index contributed by atoms with van der Waals surface area (Å²) in [6.07, 6.45) is 1.28. The maximum Gasteiger partial charge on any atom is 0.0594 e. The number of likely N-dealkylation sites (N-methyl/N-ethyl adjacent to an activating group) is 1. The second-order valence-corrected chi connectivity index (χ2v) is 2.82. The molecule has 12 heavy (non-hydrogen) atoms. The number of hydrogen-bond donors (Lipinski definition) is 1. The molecule has 74 valence electrons. The maximum absolute atomic E-state index is 5.50. The summed E-state index contributed by atoms with van der Waals surface area (Å²) in [6.45, 7) is 7.68. The van der Waals surface area contributed by atoms with E-state index in [1.807, 2.05) is 0 Å². The van der Waals surface area contributed by atoms with E-state index in [-0.39, 0.29) is 0 Å². The summed E-state index contributed by atoms with van der Waals surface area (Å²) in [6, 6.07) is 0. The van der Waals surface area contributed by atoms with Gasteiger partial charge in [0.1, 0.15) is 0 Å². The lowest BCUT2D eigenvalue weighted by atomic mass is 10.3. The SMILES string of the molecule is CCNCCOC(C)CCOC. The van der Waals surface area contributed by atoms with E-state index in [1.54, 1.807) is 7.11 Å². The Balaban J connectivity index is 3.02. The first-order chi connectivity index (χ1) is 5.81. The first-order valence-electron chi connectivity index (χ1n) is 4.62. The minimum atomic E-state index is 0.309. The van der Waals surface area contributed by atoms with Crippen LogP contribution in [0, 0.1) is 0 Å². The zero-order valence-corrected chi connectivity index (χ0v) is 8.43. The highest BCUT2D eigenvalue weighted by Gasteiger charge is 1.99. The Hall–Kier alpha value is -0.120. The van der Waals surface area contributed by atoms with Gasteiger partial charge in [-0.05, 0) is 19.9 Å². The van der Waals surface area contributed by atoms with Crippen LogP contribution >= 0.6 is 0 Å². The van der Waals surface area contributed by atoms with Crippen molar-refractivity contribution in [2.75, 3.05) is 33.4 Å². The first-order valence-corrected chi connectivity index (χ1v) is 4.62. The van der Waals surface area contributed by atoms with Gasteiger partial charge < -0.3 is 14.8 Å². The van der Waals surface area contributed by atoms with Crippen LogP contribution in [0.25, 0.3) is 0 Å². The molecular formula is C9H21NO2. The lowest BCUT2D eigenvalue weighted by Gasteiger charge is -2.12. The van der Waals surface area contributed by atoms with Gasteiger partial charge in [0.25, 0.3) is 0 Å². The summed E-state index contributed by atoms with van der Waals surface area (Å²) in [5.41, 5.74) is 0. The van der Waals surface area contributed by atoms with Crippen LogP contribution in [0.15, 0.2) is 0 Å². The zero-order valence-electron chi connectivity index (χ0n) is 8.43. The van der Waals surface area contributed by atoms with E-state index in [1.165, 1.54) is 0 Å². The summed E-state index contributed by atoms with van der Waals surface area (Å²) in [4.78, 5) is 0. The molecule has 3 nitrogen and oxygen atoms in total. The van der Waals surface area contributed by atoms with Crippen molar-refractivity contribution in [2.45, 2.75) is 26.4 Å². The molecule has 0 aliphatic rings. The van der Waals surface area contributed by atoms with E-state index >= 15 is 0 Å². The van der Waals surface area contributed by atoms with Crippen molar-refractivity contribution in [1.29, 1.82) is 0 Å². The van der Waals surface area contributed by atoms with Crippen LogP contribution in [0.4, 0.5) is 0 Å². The lowest BCUT2D eigenvalue weighted by Crippen LogP contribution is -2.22. The summed E-state index contributed by atoms with van der Waals surface area (Å²) < 4.78 is 10.4. The van der Waals surface area contributed by atoms with Gasteiger partial charge in [0.15, 0.2) is 0 Å². The van der Waals surface area contributed by atoms with Crippen molar-refractivity contribution in [1.82, 2.24) is 5.32 Å². The smallest absolute Gasteiger partial charge is 0.0594 e. The fourth-order valence-electron chi connectivity index (χ4n) is 0.876. The fraction of sp³-hybridized carbons (Fsp3) is 1.00. The van der Waals surface area contributed by atoms with Gasteiger partial charge in [0.05, 0.1) is 12.7 Å². The fourth-order valence-corrected chi connectivity index (χ4v) is 0.876. The summed E-state index contributed by atoms with van der Waals surface area (Å²) in [5, 5.41) is 3.20. The van der Waals surface area contributed by atoms with Gasteiger partial charge in [-0.3, -0.25) is 0 Å². The molecule has 0 fully saturated rings. The predicted molar refractivity (Wildman–Crippen MR) is 50.5 cm³/mol. The molecule has 1 atom stereocenters. The van der Waals surface area contributed by atoms with E-state index < -0.39 is 0 Å². The monoisotopic (exact) mass is 175 g/mol. The molecule has 0 aliphatic carbocycles. The Morgan fingerprint density at radius 2 is 2.08 bits per heavy atom. The molecule has 3 heteroatoms. The second-order valence-electron chi connectivity index (χ2n) is 2.82. The molecule has 1 N–H and O–H groups in total. The molecule has 0 heterocycles. The van der Waals surface area contributed by atoms with E-state index in [2.05, 4.69) is 19.2 Å². The molecule has 0 amide bonds. The van der Waals surface area contributed by atoms with Crippen LogP contribution in [-0.2, 0) is 9.47 Å². The number of hydrogen-bond acceptors (Lipinski definition) is 3. The minimum absolute atomic E-state index is 0.309.